The van der Waals surface area contributed by atoms with E-state index in [9.17, 15) is 14.4 Å². The first-order chi connectivity index (χ1) is 13.3. The van der Waals surface area contributed by atoms with E-state index in [4.69, 9.17) is 0 Å². The Kier molecular flexibility index (Phi) is 5.79. The summed E-state index contributed by atoms with van der Waals surface area (Å²) in [6.45, 7) is 5.30. The molecule has 0 bridgehead atoms. The van der Waals surface area contributed by atoms with Gasteiger partial charge in [0.1, 0.15) is 5.54 Å². The van der Waals surface area contributed by atoms with Crippen LogP contribution in [0.1, 0.15) is 43.1 Å². The molecule has 0 spiro atoms. The van der Waals surface area contributed by atoms with Crippen LogP contribution in [0.4, 0.5) is 4.79 Å². The van der Waals surface area contributed by atoms with Gasteiger partial charge in [0, 0.05) is 19.2 Å². The maximum Gasteiger partial charge on any atom is 0.325 e. The molecule has 0 radical (unpaired) electrons. The molecular weight excluding hydrogens is 376 g/mol. The number of carbonyl (C=O) groups is 3. The van der Waals surface area contributed by atoms with Crippen LogP contribution in [-0.4, -0.2) is 39.8 Å². The van der Waals surface area contributed by atoms with Gasteiger partial charge >= 0.3 is 6.03 Å². The summed E-state index contributed by atoms with van der Waals surface area (Å²) in [5.74, 6) is -0.545. The Morgan fingerprint density at radius 1 is 1.36 bits per heavy atom. The van der Waals surface area contributed by atoms with Gasteiger partial charge < -0.3 is 10.6 Å². The zero-order chi connectivity index (χ0) is 20.3. The van der Waals surface area contributed by atoms with E-state index in [1.807, 2.05) is 35.9 Å². The fourth-order valence-electron chi connectivity index (χ4n) is 3.22. The summed E-state index contributed by atoms with van der Waals surface area (Å²) in [6.07, 6.45) is 2.38. The van der Waals surface area contributed by atoms with Crippen LogP contribution in [0, 0.1) is 6.92 Å². The van der Waals surface area contributed by atoms with E-state index in [0.29, 0.717) is 6.42 Å². The van der Waals surface area contributed by atoms with Crippen molar-refractivity contribution in [2.75, 3.05) is 6.54 Å². The van der Waals surface area contributed by atoms with Gasteiger partial charge in [-0.05, 0) is 61.2 Å². The second kappa shape index (κ2) is 8.10. The van der Waals surface area contributed by atoms with Gasteiger partial charge in [0.2, 0.25) is 5.91 Å². The van der Waals surface area contributed by atoms with E-state index in [0.717, 1.165) is 21.7 Å². The molecule has 2 N–H and O–H groups in total. The molecule has 1 aliphatic rings. The highest BCUT2D eigenvalue weighted by Gasteiger charge is 2.44. The lowest BCUT2D eigenvalue weighted by molar-refractivity contribution is -0.130. The minimum Gasteiger partial charge on any atom is -0.347 e. The van der Waals surface area contributed by atoms with E-state index in [-0.39, 0.29) is 30.8 Å². The van der Waals surface area contributed by atoms with Gasteiger partial charge in [0.05, 0.1) is 11.7 Å². The molecule has 1 saturated heterocycles. The molecule has 3 heterocycles. The maximum absolute atomic E-state index is 12.6. The van der Waals surface area contributed by atoms with Crippen molar-refractivity contribution < 1.29 is 14.4 Å². The van der Waals surface area contributed by atoms with Crippen molar-refractivity contribution in [3.63, 3.8) is 0 Å². The number of hydrogen-bond donors (Lipinski definition) is 2. The van der Waals surface area contributed by atoms with Gasteiger partial charge in [-0.2, -0.15) is 11.3 Å². The zero-order valence-electron chi connectivity index (χ0n) is 16.2. The first-order valence-corrected chi connectivity index (χ1v) is 10.1. The Labute approximate surface area is 168 Å². The third-order valence-corrected chi connectivity index (χ3v) is 5.47. The zero-order valence-corrected chi connectivity index (χ0v) is 17.0. The molecule has 3 rings (SSSR count). The molecular formula is C20H24N4O3S. The molecule has 7 nitrogen and oxygen atoms in total. The second-order valence-electron chi connectivity index (χ2n) is 7.42. The minimum absolute atomic E-state index is 0.0429. The summed E-state index contributed by atoms with van der Waals surface area (Å²) < 4.78 is 0. The SMILES string of the molecule is Cc1cccnc1[C@@H](Cc1ccsc1)NC(=O)CCN1C(=O)NC(C)(C)C1=O. The summed E-state index contributed by atoms with van der Waals surface area (Å²) in [6, 6.07) is 5.12. The van der Waals surface area contributed by atoms with Crippen molar-refractivity contribution in [1.29, 1.82) is 0 Å². The summed E-state index contributed by atoms with van der Waals surface area (Å²) in [4.78, 5) is 42.4. The van der Waals surface area contributed by atoms with Crippen LogP contribution >= 0.6 is 11.3 Å². The lowest BCUT2D eigenvalue weighted by Crippen LogP contribution is -2.41. The molecule has 28 heavy (non-hydrogen) atoms. The van der Waals surface area contributed by atoms with Crippen molar-refractivity contribution in [3.8, 4) is 0 Å². The minimum atomic E-state index is -0.930. The Morgan fingerprint density at radius 3 is 2.75 bits per heavy atom. The number of nitrogens with zero attached hydrogens (tertiary/aromatic N) is 2. The molecule has 1 aliphatic heterocycles. The molecule has 0 saturated carbocycles. The number of hydrogen-bond acceptors (Lipinski definition) is 5. The number of thiophene rings is 1. The van der Waals surface area contributed by atoms with Crippen LogP contribution < -0.4 is 10.6 Å². The van der Waals surface area contributed by atoms with Gasteiger partial charge in [-0.25, -0.2) is 4.79 Å². The maximum atomic E-state index is 12.6. The predicted octanol–water partition coefficient (Wildman–Crippen LogP) is 2.57. The van der Waals surface area contributed by atoms with E-state index in [1.54, 1.807) is 31.4 Å². The first kappa shape index (κ1) is 20.0. The first-order valence-electron chi connectivity index (χ1n) is 9.14. The molecule has 0 unspecified atom stereocenters. The molecule has 4 amide bonds. The third kappa shape index (κ3) is 4.39. The van der Waals surface area contributed by atoms with Crippen molar-refractivity contribution >= 4 is 29.2 Å². The third-order valence-electron chi connectivity index (χ3n) is 4.74. The quantitative estimate of drug-likeness (QED) is 0.699. The van der Waals surface area contributed by atoms with E-state index < -0.39 is 11.6 Å². The molecule has 0 aromatic carbocycles. The molecule has 0 aliphatic carbocycles. The van der Waals surface area contributed by atoms with Gasteiger partial charge in [-0.1, -0.05) is 6.07 Å². The number of amides is 4. The number of urea groups is 1. The largest absolute Gasteiger partial charge is 0.347 e. The molecule has 1 atom stereocenters. The molecule has 8 heteroatoms. The van der Waals surface area contributed by atoms with Crippen LogP contribution in [0.2, 0.25) is 0 Å². The number of aromatic nitrogens is 1. The summed E-state index contributed by atoms with van der Waals surface area (Å²) in [5, 5.41) is 9.68. The van der Waals surface area contributed by atoms with Crippen LogP contribution in [-0.2, 0) is 16.0 Å². The lowest BCUT2D eigenvalue weighted by atomic mass is 10.0. The average Bonchev–Trinajstić information content (AvgIpc) is 3.20. The van der Waals surface area contributed by atoms with E-state index in [2.05, 4.69) is 15.6 Å². The van der Waals surface area contributed by atoms with Crippen molar-refractivity contribution in [1.82, 2.24) is 20.5 Å². The van der Waals surface area contributed by atoms with E-state index in [1.165, 1.54) is 0 Å². The molecule has 1 fully saturated rings. The lowest BCUT2D eigenvalue weighted by Gasteiger charge is -2.21. The number of aryl methyl sites for hydroxylation is 1. The van der Waals surface area contributed by atoms with E-state index >= 15 is 0 Å². The topological polar surface area (TPSA) is 91.4 Å². The number of carbonyl (C=O) groups excluding carboxylic acids is 3. The Balaban J connectivity index is 1.67. The summed E-state index contributed by atoms with van der Waals surface area (Å²) in [5.41, 5.74) is 2.01. The predicted molar refractivity (Wildman–Crippen MR) is 107 cm³/mol. The number of imide groups is 1. The van der Waals surface area contributed by atoms with Crippen LogP contribution in [0.5, 0.6) is 0 Å². The molecule has 2 aromatic rings. The number of nitrogens with one attached hydrogen (secondary N) is 2. The van der Waals surface area contributed by atoms with Crippen LogP contribution in [0.15, 0.2) is 35.2 Å². The number of pyridine rings is 1. The average molecular weight is 401 g/mol. The highest BCUT2D eigenvalue weighted by atomic mass is 32.1. The fraction of sp³-hybridized carbons (Fsp3) is 0.400. The van der Waals surface area contributed by atoms with Gasteiger partial charge in [-0.15, -0.1) is 0 Å². The van der Waals surface area contributed by atoms with Gasteiger partial charge in [0.25, 0.3) is 5.91 Å². The Hall–Kier alpha value is -2.74. The highest BCUT2D eigenvalue weighted by molar-refractivity contribution is 7.07. The second-order valence-corrected chi connectivity index (χ2v) is 8.20. The summed E-state index contributed by atoms with van der Waals surface area (Å²) in [7, 11) is 0. The van der Waals surface area contributed by atoms with Crippen molar-refractivity contribution in [2.45, 2.75) is 45.2 Å². The number of rotatable bonds is 7. The normalized spacial score (nSPS) is 16.8. The Morgan fingerprint density at radius 2 is 2.14 bits per heavy atom. The van der Waals surface area contributed by atoms with Crippen LogP contribution in [0.25, 0.3) is 0 Å². The molecule has 2 aromatic heterocycles. The van der Waals surface area contributed by atoms with Crippen molar-refractivity contribution in [2.24, 2.45) is 0 Å². The standard InChI is InChI=1S/C20H24N4O3S/c1-13-5-4-8-21-17(13)15(11-14-7-10-28-12-14)22-16(25)6-9-24-18(26)20(2,3)23-19(24)27/h4-5,7-8,10,12,15H,6,9,11H2,1-3H3,(H,22,25)(H,23,27)/t15-/m1/s1. The van der Waals surface area contributed by atoms with Crippen molar-refractivity contribution in [3.05, 3.63) is 52.0 Å². The highest BCUT2D eigenvalue weighted by Crippen LogP contribution is 2.22. The fourth-order valence-corrected chi connectivity index (χ4v) is 3.91. The summed E-state index contributed by atoms with van der Waals surface area (Å²) >= 11 is 1.61. The monoisotopic (exact) mass is 400 g/mol. The Bertz CT molecular complexity index is 879. The molecule has 148 valence electrons. The van der Waals surface area contributed by atoms with Gasteiger partial charge in [0.15, 0.2) is 0 Å². The van der Waals surface area contributed by atoms with Crippen LogP contribution in [0.3, 0.4) is 0 Å². The smallest absolute Gasteiger partial charge is 0.325 e. The van der Waals surface area contributed by atoms with Gasteiger partial charge in [-0.3, -0.25) is 19.5 Å².